The van der Waals surface area contributed by atoms with Gasteiger partial charge in [0.25, 0.3) is 0 Å². The number of nitrogens with zero attached hydrogens (tertiary/aromatic N) is 2. The Bertz CT molecular complexity index is 1500. The van der Waals surface area contributed by atoms with Gasteiger partial charge in [0, 0.05) is 5.56 Å². The Morgan fingerprint density at radius 2 is 1.14 bits per heavy atom. The van der Waals surface area contributed by atoms with Crippen LogP contribution in [-0.4, -0.2) is 33.0 Å². The molecular formula is C30H30N6. The van der Waals surface area contributed by atoms with Crippen LogP contribution >= 0.6 is 0 Å². The minimum absolute atomic E-state index is 0.336. The highest BCUT2D eigenvalue weighted by molar-refractivity contribution is 6.04. The van der Waals surface area contributed by atoms with Crippen LogP contribution in [-0.2, 0) is 0 Å². The summed E-state index contributed by atoms with van der Waals surface area (Å²) in [6.45, 7) is 2.14. The SMILES string of the molecule is c1ccc2c(-c3cnc([C@@H]4CCCN4)[nH]3)ccc(-c3ccc(-c4cnc([C@@H]5CCCN5)[nH]4)cc3)c2c1. The molecule has 0 amide bonds. The van der Waals surface area contributed by atoms with Gasteiger partial charge < -0.3 is 20.6 Å². The summed E-state index contributed by atoms with van der Waals surface area (Å²) < 4.78 is 0. The van der Waals surface area contributed by atoms with Crippen molar-refractivity contribution in [2.45, 2.75) is 37.8 Å². The van der Waals surface area contributed by atoms with E-state index in [4.69, 9.17) is 4.98 Å². The maximum absolute atomic E-state index is 4.70. The smallest absolute Gasteiger partial charge is 0.123 e. The third kappa shape index (κ3) is 3.83. The van der Waals surface area contributed by atoms with Crippen molar-refractivity contribution in [1.82, 2.24) is 30.6 Å². The molecule has 0 spiro atoms. The van der Waals surface area contributed by atoms with Crippen molar-refractivity contribution >= 4 is 10.8 Å². The molecule has 6 nitrogen and oxygen atoms in total. The minimum Gasteiger partial charge on any atom is -0.341 e. The molecule has 7 rings (SSSR count). The molecule has 0 bridgehead atoms. The van der Waals surface area contributed by atoms with E-state index in [0.29, 0.717) is 12.1 Å². The van der Waals surface area contributed by atoms with Crippen molar-refractivity contribution in [3.63, 3.8) is 0 Å². The molecule has 180 valence electrons. The summed E-state index contributed by atoms with van der Waals surface area (Å²) in [7, 11) is 0. The van der Waals surface area contributed by atoms with Gasteiger partial charge in [-0.1, -0.05) is 60.7 Å². The fourth-order valence-electron chi connectivity index (χ4n) is 5.76. The van der Waals surface area contributed by atoms with Gasteiger partial charge in [0.15, 0.2) is 0 Å². The van der Waals surface area contributed by atoms with E-state index >= 15 is 0 Å². The fraction of sp³-hybridized carbons (Fsp3) is 0.267. The molecule has 4 N–H and O–H groups in total. The summed E-state index contributed by atoms with van der Waals surface area (Å²) in [5.41, 5.74) is 6.92. The first kappa shape index (κ1) is 21.5. The third-order valence-electron chi connectivity index (χ3n) is 7.69. The number of fused-ring (bicyclic) bond motifs is 1. The topological polar surface area (TPSA) is 81.4 Å². The first-order chi connectivity index (χ1) is 17.8. The van der Waals surface area contributed by atoms with Crippen molar-refractivity contribution in [1.29, 1.82) is 0 Å². The van der Waals surface area contributed by atoms with Crippen LogP contribution in [0.1, 0.15) is 49.4 Å². The number of imidazole rings is 2. The summed E-state index contributed by atoms with van der Waals surface area (Å²) in [6, 6.07) is 22.6. The Hall–Kier alpha value is -3.74. The molecule has 0 aliphatic carbocycles. The van der Waals surface area contributed by atoms with Crippen LogP contribution in [0.3, 0.4) is 0 Å². The summed E-state index contributed by atoms with van der Waals surface area (Å²) >= 11 is 0. The molecule has 2 aliphatic heterocycles. The van der Waals surface area contributed by atoms with E-state index in [1.165, 1.54) is 40.3 Å². The number of benzene rings is 3. The van der Waals surface area contributed by atoms with Gasteiger partial charge in [-0.2, -0.15) is 0 Å². The lowest BCUT2D eigenvalue weighted by Gasteiger charge is -2.12. The van der Waals surface area contributed by atoms with E-state index in [1.807, 2.05) is 12.4 Å². The third-order valence-corrected chi connectivity index (χ3v) is 7.69. The van der Waals surface area contributed by atoms with Crippen molar-refractivity contribution in [2.24, 2.45) is 0 Å². The summed E-state index contributed by atoms with van der Waals surface area (Å²) in [6.07, 6.45) is 8.63. The average Bonchev–Trinajstić information content (AvgIpc) is 3.75. The Labute approximate surface area is 210 Å². The van der Waals surface area contributed by atoms with Crippen LogP contribution in [0, 0.1) is 0 Å². The Kier molecular flexibility index (Phi) is 5.41. The Balaban J connectivity index is 1.21. The van der Waals surface area contributed by atoms with Gasteiger partial charge in [0.05, 0.1) is 35.9 Å². The van der Waals surface area contributed by atoms with Gasteiger partial charge in [-0.05, 0) is 66.2 Å². The van der Waals surface area contributed by atoms with E-state index in [2.05, 4.69) is 86.2 Å². The first-order valence-corrected chi connectivity index (χ1v) is 13.0. The zero-order valence-electron chi connectivity index (χ0n) is 20.2. The molecule has 0 radical (unpaired) electrons. The maximum atomic E-state index is 4.70. The molecule has 2 atom stereocenters. The molecule has 5 aromatic rings. The number of aromatic amines is 2. The molecule has 4 heterocycles. The van der Waals surface area contributed by atoms with Crippen LogP contribution in [0.2, 0.25) is 0 Å². The van der Waals surface area contributed by atoms with E-state index in [9.17, 15) is 0 Å². The number of hydrogen-bond donors (Lipinski definition) is 4. The van der Waals surface area contributed by atoms with Gasteiger partial charge in [-0.15, -0.1) is 0 Å². The zero-order valence-corrected chi connectivity index (χ0v) is 20.2. The monoisotopic (exact) mass is 474 g/mol. The lowest BCUT2D eigenvalue weighted by molar-refractivity contribution is 0.613. The summed E-state index contributed by atoms with van der Waals surface area (Å²) in [5.74, 6) is 2.08. The van der Waals surface area contributed by atoms with Crippen molar-refractivity contribution < 1.29 is 0 Å². The Morgan fingerprint density at radius 3 is 1.78 bits per heavy atom. The van der Waals surface area contributed by atoms with E-state index < -0.39 is 0 Å². The predicted octanol–water partition coefficient (Wildman–Crippen LogP) is 6.14. The van der Waals surface area contributed by atoms with Crippen LogP contribution in [0.4, 0.5) is 0 Å². The molecule has 2 saturated heterocycles. The average molecular weight is 475 g/mol. The highest BCUT2D eigenvalue weighted by atomic mass is 15.0. The molecule has 0 saturated carbocycles. The first-order valence-electron chi connectivity index (χ1n) is 13.0. The lowest BCUT2D eigenvalue weighted by Crippen LogP contribution is -2.14. The number of aromatic nitrogens is 4. The molecule has 2 aromatic heterocycles. The largest absolute Gasteiger partial charge is 0.341 e. The molecule has 3 aromatic carbocycles. The van der Waals surface area contributed by atoms with Crippen LogP contribution < -0.4 is 10.6 Å². The second kappa shape index (κ2) is 9.04. The minimum atomic E-state index is 0.336. The summed E-state index contributed by atoms with van der Waals surface area (Å²) in [5, 5.41) is 9.52. The highest BCUT2D eigenvalue weighted by Gasteiger charge is 2.21. The molecule has 36 heavy (non-hydrogen) atoms. The highest BCUT2D eigenvalue weighted by Crippen LogP contribution is 2.36. The zero-order chi connectivity index (χ0) is 23.9. The molecular weight excluding hydrogens is 444 g/mol. The number of H-pyrrole nitrogens is 2. The van der Waals surface area contributed by atoms with Gasteiger partial charge in [0.1, 0.15) is 11.6 Å². The number of nitrogens with one attached hydrogen (secondary N) is 4. The second-order valence-corrected chi connectivity index (χ2v) is 9.95. The molecule has 0 unspecified atom stereocenters. The van der Waals surface area contributed by atoms with Gasteiger partial charge in [0.2, 0.25) is 0 Å². The molecule has 2 aliphatic rings. The van der Waals surface area contributed by atoms with E-state index in [0.717, 1.165) is 54.5 Å². The van der Waals surface area contributed by atoms with Crippen LogP contribution in [0.25, 0.3) is 44.4 Å². The second-order valence-electron chi connectivity index (χ2n) is 9.95. The van der Waals surface area contributed by atoms with Gasteiger partial charge in [-0.25, -0.2) is 9.97 Å². The molecule has 6 heteroatoms. The Morgan fingerprint density at radius 1 is 0.583 bits per heavy atom. The maximum Gasteiger partial charge on any atom is 0.123 e. The van der Waals surface area contributed by atoms with Crippen LogP contribution in [0.15, 0.2) is 73.1 Å². The standard InChI is InChI=1S/C30H30N6/c1-2-6-23-22(5-1)21(13-14-24(23)28-18-34-30(36-28)26-8-4-16-32-26)19-9-11-20(12-10-19)27-17-33-29(35-27)25-7-3-15-31-25/h1-2,5-6,9-14,17-18,25-26,31-32H,3-4,7-8,15-16H2,(H,33,35)(H,34,36)/t25-,26-/m0/s1. The van der Waals surface area contributed by atoms with Gasteiger partial charge >= 0.3 is 0 Å². The normalized spacial score (nSPS) is 19.9. The quantitative estimate of drug-likeness (QED) is 0.247. The van der Waals surface area contributed by atoms with Gasteiger partial charge in [-0.3, -0.25) is 0 Å². The van der Waals surface area contributed by atoms with Crippen molar-refractivity contribution in [2.75, 3.05) is 13.1 Å². The van der Waals surface area contributed by atoms with E-state index in [1.54, 1.807) is 0 Å². The number of hydrogen-bond acceptors (Lipinski definition) is 4. The lowest BCUT2D eigenvalue weighted by atomic mass is 9.93. The fourth-order valence-corrected chi connectivity index (χ4v) is 5.76. The van der Waals surface area contributed by atoms with Crippen molar-refractivity contribution in [3.05, 3.63) is 84.7 Å². The van der Waals surface area contributed by atoms with E-state index in [-0.39, 0.29) is 0 Å². The van der Waals surface area contributed by atoms with Crippen molar-refractivity contribution in [3.8, 4) is 33.6 Å². The molecule has 2 fully saturated rings. The summed E-state index contributed by atoms with van der Waals surface area (Å²) in [4.78, 5) is 16.4. The predicted molar refractivity (Wildman–Crippen MR) is 145 cm³/mol. The number of rotatable bonds is 5. The van der Waals surface area contributed by atoms with Crippen LogP contribution in [0.5, 0.6) is 0 Å².